The van der Waals surface area contributed by atoms with E-state index in [4.69, 9.17) is 21.1 Å². The Balaban J connectivity index is 1.39. The van der Waals surface area contributed by atoms with Crippen LogP contribution >= 0.6 is 22.9 Å². The maximum absolute atomic E-state index is 14.6. The van der Waals surface area contributed by atoms with Crippen molar-refractivity contribution in [1.29, 1.82) is 0 Å². The molecule has 1 saturated heterocycles. The van der Waals surface area contributed by atoms with Gasteiger partial charge in [0, 0.05) is 18.4 Å². The van der Waals surface area contributed by atoms with Gasteiger partial charge in [0.2, 0.25) is 0 Å². The van der Waals surface area contributed by atoms with Gasteiger partial charge >= 0.3 is 0 Å². The van der Waals surface area contributed by atoms with Crippen molar-refractivity contribution in [1.82, 2.24) is 20.0 Å². The molecule has 5 unspecified atom stereocenters. The highest BCUT2D eigenvalue weighted by molar-refractivity contribution is 7.16. The topological polar surface area (TPSA) is 143 Å². The number of hydrogen-bond acceptors (Lipinski definition) is 10. The molecular weight excluding hydrogens is 620 g/mol. The van der Waals surface area contributed by atoms with E-state index in [-0.39, 0.29) is 11.3 Å². The molecule has 7 atom stereocenters. The van der Waals surface area contributed by atoms with Crippen LogP contribution in [-0.2, 0) is 14.3 Å². The summed E-state index contributed by atoms with van der Waals surface area (Å²) in [5, 5.41) is 40.2. The first kappa shape index (κ1) is 30.9. The SMILES string of the molecule is COC1C(C(=O)N(c2ccc3ncsc3c2)[C@H]2CCCC[C@@H]2O)OC(CO)C(O)C1n1cc(-c2cc(F)c(F)c(Cl)c2)nn1. The second-order valence-corrected chi connectivity index (χ2v) is 12.2. The maximum Gasteiger partial charge on any atom is 0.259 e. The normalized spacial score (nSPS) is 27.5. The van der Waals surface area contributed by atoms with Crippen molar-refractivity contribution in [2.75, 3.05) is 18.6 Å². The third-order valence-corrected chi connectivity index (χ3v) is 9.40. The van der Waals surface area contributed by atoms with E-state index in [1.54, 1.807) is 17.6 Å². The van der Waals surface area contributed by atoms with Crippen molar-refractivity contribution in [3.05, 3.63) is 58.7 Å². The van der Waals surface area contributed by atoms with Crippen LogP contribution in [0.15, 0.2) is 42.0 Å². The number of anilines is 1. The second kappa shape index (κ2) is 12.7. The number of benzene rings is 2. The summed E-state index contributed by atoms with van der Waals surface area (Å²) in [4.78, 5) is 20.4. The molecule has 0 spiro atoms. The van der Waals surface area contributed by atoms with Gasteiger partial charge < -0.3 is 29.7 Å². The predicted molar refractivity (Wildman–Crippen MR) is 157 cm³/mol. The van der Waals surface area contributed by atoms with Gasteiger partial charge in [-0.1, -0.05) is 29.7 Å². The summed E-state index contributed by atoms with van der Waals surface area (Å²) in [5.41, 5.74) is 3.27. The van der Waals surface area contributed by atoms with Gasteiger partial charge in [0.25, 0.3) is 5.91 Å². The molecule has 3 heterocycles. The average Bonchev–Trinajstić information content (AvgIpc) is 3.70. The highest BCUT2D eigenvalue weighted by Gasteiger charge is 2.52. The Kier molecular flexibility index (Phi) is 8.93. The van der Waals surface area contributed by atoms with E-state index in [9.17, 15) is 28.9 Å². The summed E-state index contributed by atoms with van der Waals surface area (Å²) in [6, 6.07) is 5.86. The fourth-order valence-electron chi connectivity index (χ4n) is 6.12. The van der Waals surface area contributed by atoms with E-state index in [1.165, 1.54) is 40.3 Å². The van der Waals surface area contributed by atoms with Crippen molar-refractivity contribution in [2.45, 2.75) is 68.3 Å². The molecule has 2 aromatic carbocycles. The van der Waals surface area contributed by atoms with Crippen LogP contribution in [0.25, 0.3) is 21.5 Å². The Hall–Kier alpha value is -3.11. The zero-order valence-corrected chi connectivity index (χ0v) is 25.0. The molecule has 11 nitrogen and oxygen atoms in total. The predicted octanol–water partition coefficient (Wildman–Crippen LogP) is 3.50. The van der Waals surface area contributed by atoms with Crippen LogP contribution in [-0.4, -0.2) is 91.5 Å². The number of aromatic nitrogens is 4. The summed E-state index contributed by atoms with van der Waals surface area (Å²) in [6.45, 7) is -0.628. The minimum Gasteiger partial charge on any atom is -0.394 e. The summed E-state index contributed by atoms with van der Waals surface area (Å²) in [5.74, 6) is -2.90. The average molecular weight is 650 g/mol. The largest absolute Gasteiger partial charge is 0.394 e. The van der Waals surface area contributed by atoms with Crippen molar-refractivity contribution >= 4 is 44.7 Å². The molecule has 6 rings (SSSR count). The lowest BCUT2D eigenvalue weighted by Gasteiger charge is -2.46. The molecule has 1 saturated carbocycles. The van der Waals surface area contributed by atoms with Gasteiger partial charge in [0.05, 0.1) is 45.7 Å². The number of ether oxygens (including phenoxy) is 2. The van der Waals surface area contributed by atoms with Gasteiger partial charge in [0.1, 0.15) is 30.0 Å². The molecule has 234 valence electrons. The van der Waals surface area contributed by atoms with E-state index < -0.39 is 71.8 Å². The Morgan fingerprint density at radius 2 is 2.02 bits per heavy atom. The number of carbonyl (C=O) groups excluding carboxylic acids is 1. The van der Waals surface area contributed by atoms with E-state index in [0.717, 1.165) is 29.1 Å². The first-order chi connectivity index (χ1) is 21.2. The van der Waals surface area contributed by atoms with E-state index in [2.05, 4.69) is 15.3 Å². The van der Waals surface area contributed by atoms with Crippen molar-refractivity contribution in [3.63, 3.8) is 0 Å². The van der Waals surface area contributed by atoms with Crippen LogP contribution in [0.1, 0.15) is 31.7 Å². The summed E-state index contributed by atoms with van der Waals surface area (Å²) in [7, 11) is 1.35. The lowest BCUT2D eigenvalue weighted by atomic mass is 9.88. The van der Waals surface area contributed by atoms with Gasteiger partial charge in [-0.05, 0) is 43.2 Å². The fraction of sp³-hybridized carbons (Fsp3) is 0.448. The standard InChI is InChI=1S/C29H30ClF2N5O6S/c1-42-27-25(36-11-19(34-35-36)14-8-16(30)24(32)17(31)9-14)26(40)22(12-38)43-28(27)29(41)37(20-4-2-3-5-21(20)39)15-6-7-18-23(10-15)44-13-33-18/h6-11,13,20-22,25-28,38-40H,2-5,12H2,1H3/t20-,21-,22?,25?,26?,27?,28?/m0/s1. The molecule has 44 heavy (non-hydrogen) atoms. The van der Waals surface area contributed by atoms with Gasteiger partial charge in [-0.15, -0.1) is 16.4 Å². The molecule has 4 aromatic rings. The number of carbonyl (C=O) groups is 1. The van der Waals surface area contributed by atoms with E-state index in [0.29, 0.717) is 18.5 Å². The number of aliphatic hydroxyl groups excluding tert-OH is 3. The molecular formula is C29H30ClF2N5O6S. The number of hydrogen-bond donors (Lipinski definition) is 3. The number of thiazole rings is 1. The zero-order valence-electron chi connectivity index (χ0n) is 23.5. The molecule has 2 fully saturated rings. The van der Waals surface area contributed by atoms with Crippen LogP contribution in [0.2, 0.25) is 5.02 Å². The highest BCUT2D eigenvalue weighted by Crippen LogP contribution is 2.37. The molecule has 2 aliphatic rings. The Morgan fingerprint density at radius 1 is 1.23 bits per heavy atom. The van der Waals surface area contributed by atoms with Crippen molar-refractivity contribution < 1.29 is 38.4 Å². The highest BCUT2D eigenvalue weighted by atomic mass is 35.5. The smallest absolute Gasteiger partial charge is 0.259 e. The minimum absolute atomic E-state index is 0.118. The van der Waals surface area contributed by atoms with E-state index in [1.807, 2.05) is 6.07 Å². The van der Waals surface area contributed by atoms with Crippen LogP contribution in [0.4, 0.5) is 14.5 Å². The first-order valence-corrected chi connectivity index (χ1v) is 15.4. The van der Waals surface area contributed by atoms with E-state index >= 15 is 0 Å². The lowest BCUT2D eigenvalue weighted by Crippen LogP contribution is -2.63. The molecule has 1 amide bonds. The van der Waals surface area contributed by atoms with Gasteiger partial charge in [0.15, 0.2) is 17.7 Å². The summed E-state index contributed by atoms with van der Waals surface area (Å²) >= 11 is 7.25. The fourth-order valence-corrected chi connectivity index (χ4v) is 7.04. The third kappa shape index (κ3) is 5.60. The Bertz CT molecular complexity index is 1630. The van der Waals surface area contributed by atoms with Crippen LogP contribution in [0, 0.1) is 11.6 Å². The van der Waals surface area contributed by atoms with Gasteiger partial charge in [-0.2, -0.15) is 0 Å². The molecule has 0 bridgehead atoms. The molecule has 1 aliphatic carbocycles. The van der Waals surface area contributed by atoms with Crippen molar-refractivity contribution in [3.8, 4) is 11.3 Å². The van der Waals surface area contributed by atoms with Gasteiger partial charge in [-0.25, -0.2) is 18.4 Å². The number of rotatable bonds is 7. The lowest BCUT2D eigenvalue weighted by molar-refractivity contribution is -0.211. The third-order valence-electron chi connectivity index (χ3n) is 8.33. The number of halogens is 3. The Morgan fingerprint density at radius 3 is 2.75 bits per heavy atom. The molecule has 1 aliphatic heterocycles. The van der Waals surface area contributed by atoms with Gasteiger partial charge in [-0.3, -0.25) is 4.79 Å². The first-order valence-electron chi connectivity index (χ1n) is 14.1. The van der Waals surface area contributed by atoms with Crippen LogP contribution in [0.5, 0.6) is 0 Å². The number of nitrogens with zero attached hydrogens (tertiary/aromatic N) is 5. The Labute approximate surface area is 259 Å². The minimum atomic E-state index is -1.40. The number of methoxy groups -OCH3 is 1. The maximum atomic E-state index is 14.6. The summed E-state index contributed by atoms with van der Waals surface area (Å²) < 4.78 is 41.8. The van der Waals surface area contributed by atoms with Crippen LogP contribution < -0.4 is 4.90 Å². The van der Waals surface area contributed by atoms with Crippen molar-refractivity contribution in [2.24, 2.45) is 0 Å². The molecule has 15 heteroatoms. The quantitative estimate of drug-likeness (QED) is 0.256. The second-order valence-electron chi connectivity index (χ2n) is 10.9. The zero-order chi connectivity index (χ0) is 31.1. The molecule has 2 aromatic heterocycles. The summed E-state index contributed by atoms with van der Waals surface area (Å²) in [6.07, 6.45) is -1.80. The monoisotopic (exact) mass is 649 g/mol. The number of fused-ring (bicyclic) bond motifs is 1. The molecule has 0 radical (unpaired) electrons. The molecule has 3 N–H and O–H groups in total. The number of amides is 1. The van der Waals surface area contributed by atoms with Crippen LogP contribution in [0.3, 0.4) is 0 Å². The number of aliphatic hydroxyl groups is 3.